The molecule has 2 fully saturated rings. The van der Waals surface area contributed by atoms with Crippen LogP contribution in [0.25, 0.3) is 0 Å². The molecule has 1 N–H and O–H groups in total. The Balaban J connectivity index is 1.49. The van der Waals surface area contributed by atoms with Gasteiger partial charge in [-0.05, 0) is 30.0 Å². The molecule has 1 aliphatic carbocycles. The minimum atomic E-state index is -0.238. The summed E-state index contributed by atoms with van der Waals surface area (Å²) in [5.41, 5.74) is 2.00. The van der Waals surface area contributed by atoms with Crippen LogP contribution < -0.4 is 5.32 Å². The number of carbonyl (C=O) groups is 3. The number of benzene rings is 1. The Morgan fingerprint density at radius 3 is 2.08 bits per heavy atom. The quantitative estimate of drug-likeness (QED) is 0.897. The van der Waals surface area contributed by atoms with Crippen LogP contribution in [0.15, 0.2) is 24.3 Å². The number of hydrogen-bond acceptors (Lipinski definition) is 3. The second-order valence-corrected chi connectivity index (χ2v) is 7.55. The van der Waals surface area contributed by atoms with Crippen LogP contribution in [-0.2, 0) is 14.4 Å². The number of anilines is 1. The Bertz CT molecular complexity index is 691. The standard InChI is InChI=1S/C20H27N3O3/c1-13(2)15-4-6-16(7-5-15)21-19(25)17-12-18(17)20(26)23-10-8-22(9-11-23)14(3)24/h4-7,13,17-18H,8-12H2,1-3H3,(H,21,25). The molecule has 0 radical (unpaired) electrons. The van der Waals surface area contributed by atoms with Crippen molar-refractivity contribution in [3.05, 3.63) is 29.8 Å². The summed E-state index contributed by atoms with van der Waals surface area (Å²) in [6.07, 6.45) is 0.613. The highest BCUT2D eigenvalue weighted by molar-refractivity contribution is 5.99. The highest BCUT2D eigenvalue weighted by atomic mass is 16.2. The molecule has 26 heavy (non-hydrogen) atoms. The molecule has 1 aromatic carbocycles. The Morgan fingerprint density at radius 2 is 1.54 bits per heavy atom. The molecule has 0 aromatic heterocycles. The van der Waals surface area contributed by atoms with E-state index >= 15 is 0 Å². The molecule has 6 nitrogen and oxygen atoms in total. The predicted molar refractivity (Wildman–Crippen MR) is 99.6 cm³/mol. The highest BCUT2D eigenvalue weighted by Crippen LogP contribution is 2.41. The average Bonchev–Trinajstić information content (AvgIpc) is 3.42. The van der Waals surface area contributed by atoms with Crippen molar-refractivity contribution in [3.63, 3.8) is 0 Å². The summed E-state index contributed by atoms with van der Waals surface area (Å²) < 4.78 is 0. The van der Waals surface area contributed by atoms with Crippen LogP contribution in [0.5, 0.6) is 0 Å². The third-order valence-corrected chi connectivity index (χ3v) is 5.33. The van der Waals surface area contributed by atoms with Crippen molar-refractivity contribution in [2.75, 3.05) is 31.5 Å². The highest BCUT2D eigenvalue weighted by Gasteiger charge is 2.49. The maximum Gasteiger partial charge on any atom is 0.228 e. The Kier molecular flexibility index (Phi) is 5.30. The van der Waals surface area contributed by atoms with Gasteiger partial charge >= 0.3 is 0 Å². The van der Waals surface area contributed by atoms with Crippen LogP contribution in [0.4, 0.5) is 5.69 Å². The van der Waals surface area contributed by atoms with Crippen LogP contribution in [0, 0.1) is 11.8 Å². The van der Waals surface area contributed by atoms with Crippen molar-refractivity contribution in [2.45, 2.75) is 33.1 Å². The van der Waals surface area contributed by atoms with E-state index in [-0.39, 0.29) is 29.6 Å². The van der Waals surface area contributed by atoms with Crippen molar-refractivity contribution in [1.82, 2.24) is 9.80 Å². The zero-order chi connectivity index (χ0) is 18.8. The normalized spacial score (nSPS) is 22.3. The number of hydrogen-bond donors (Lipinski definition) is 1. The first kappa shape index (κ1) is 18.4. The molecule has 6 heteroatoms. The molecule has 140 valence electrons. The van der Waals surface area contributed by atoms with E-state index in [1.807, 2.05) is 24.3 Å². The maximum atomic E-state index is 12.6. The van der Waals surface area contributed by atoms with Crippen LogP contribution >= 0.6 is 0 Å². The molecule has 0 bridgehead atoms. The lowest BCUT2D eigenvalue weighted by atomic mass is 10.0. The van der Waals surface area contributed by atoms with Gasteiger partial charge in [0.25, 0.3) is 0 Å². The topological polar surface area (TPSA) is 69.7 Å². The summed E-state index contributed by atoms with van der Waals surface area (Å²) >= 11 is 0. The van der Waals surface area contributed by atoms with E-state index < -0.39 is 0 Å². The molecule has 1 heterocycles. The van der Waals surface area contributed by atoms with E-state index in [1.54, 1.807) is 16.7 Å². The third kappa shape index (κ3) is 4.06. The van der Waals surface area contributed by atoms with Crippen molar-refractivity contribution in [2.24, 2.45) is 11.8 Å². The van der Waals surface area contributed by atoms with Crippen molar-refractivity contribution in [1.29, 1.82) is 0 Å². The van der Waals surface area contributed by atoms with Gasteiger partial charge in [-0.15, -0.1) is 0 Å². The Labute approximate surface area is 154 Å². The van der Waals surface area contributed by atoms with Gasteiger partial charge in [0, 0.05) is 38.8 Å². The van der Waals surface area contributed by atoms with E-state index in [0.29, 0.717) is 38.5 Å². The lowest BCUT2D eigenvalue weighted by Crippen LogP contribution is -2.50. The summed E-state index contributed by atoms with van der Waals surface area (Å²) in [5.74, 6) is 0.0105. The van der Waals surface area contributed by atoms with Crippen LogP contribution in [-0.4, -0.2) is 53.7 Å². The number of piperazine rings is 1. The number of nitrogens with one attached hydrogen (secondary N) is 1. The van der Waals surface area contributed by atoms with Crippen molar-refractivity contribution < 1.29 is 14.4 Å². The van der Waals surface area contributed by atoms with Crippen LogP contribution in [0.2, 0.25) is 0 Å². The van der Waals surface area contributed by atoms with E-state index in [9.17, 15) is 14.4 Å². The molecule has 1 aliphatic heterocycles. The molecule has 2 aliphatic rings. The summed E-state index contributed by atoms with van der Waals surface area (Å²) in [5, 5.41) is 2.92. The first-order valence-corrected chi connectivity index (χ1v) is 9.32. The van der Waals surface area contributed by atoms with Gasteiger partial charge in [0.15, 0.2) is 0 Å². The lowest BCUT2D eigenvalue weighted by Gasteiger charge is -2.34. The molecule has 3 rings (SSSR count). The molecular weight excluding hydrogens is 330 g/mol. The Hall–Kier alpha value is -2.37. The summed E-state index contributed by atoms with van der Waals surface area (Å²) in [4.78, 5) is 39.9. The second kappa shape index (κ2) is 7.48. The smallest absolute Gasteiger partial charge is 0.228 e. The summed E-state index contributed by atoms with van der Waals surface area (Å²) in [7, 11) is 0. The molecule has 1 aromatic rings. The van der Waals surface area contributed by atoms with Crippen LogP contribution in [0.1, 0.15) is 38.7 Å². The number of nitrogens with zero attached hydrogens (tertiary/aromatic N) is 2. The zero-order valence-electron chi connectivity index (χ0n) is 15.7. The Morgan fingerprint density at radius 1 is 0.962 bits per heavy atom. The first-order chi connectivity index (χ1) is 12.4. The maximum absolute atomic E-state index is 12.6. The second-order valence-electron chi connectivity index (χ2n) is 7.55. The molecule has 1 saturated carbocycles. The largest absolute Gasteiger partial charge is 0.339 e. The first-order valence-electron chi connectivity index (χ1n) is 9.32. The molecule has 2 unspecified atom stereocenters. The fourth-order valence-corrected chi connectivity index (χ4v) is 3.42. The number of carbonyl (C=O) groups excluding carboxylic acids is 3. The van der Waals surface area contributed by atoms with Gasteiger partial charge in [-0.25, -0.2) is 0 Å². The molecule has 0 spiro atoms. The number of amides is 3. The summed E-state index contributed by atoms with van der Waals surface area (Å²) in [6, 6.07) is 7.86. The van der Waals surface area contributed by atoms with Gasteiger partial charge in [-0.2, -0.15) is 0 Å². The monoisotopic (exact) mass is 357 g/mol. The minimum Gasteiger partial charge on any atom is -0.339 e. The van der Waals surface area contributed by atoms with Gasteiger partial charge in [0.2, 0.25) is 17.7 Å². The van der Waals surface area contributed by atoms with E-state index in [0.717, 1.165) is 5.69 Å². The average molecular weight is 357 g/mol. The van der Waals surface area contributed by atoms with Crippen LogP contribution in [0.3, 0.4) is 0 Å². The van der Waals surface area contributed by atoms with E-state index in [2.05, 4.69) is 19.2 Å². The molecular formula is C20H27N3O3. The molecule has 3 amide bonds. The van der Waals surface area contributed by atoms with Crippen molar-refractivity contribution in [3.8, 4) is 0 Å². The van der Waals surface area contributed by atoms with Gasteiger partial charge in [-0.3, -0.25) is 14.4 Å². The lowest BCUT2D eigenvalue weighted by molar-refractivity contribution is -0.139. The van der Waals surface area contributed by atoms with E-state index in [4.69, 9.17) is 0 Å². The molecule has 1 saturated heterocycles. The van der Waals surface area contributed by atoms with Gasteiger partial charge < -0.3 is 15.1 Å². The fourth-order valence-electron chi connectivity index (χ4n) is 3.42. The van der Waals surface area contributed by atoms with Crippen molar-refractivity contribution >= 4 is 23.4 Å². The molecule has 2 atom stereocenters. The third-order valence-electron chi connectivity index (χ3n) is 5.33. The van der Waals surface area contributed by atoms with Gasteiger partial charge in [0.05, 0.1) is 11.8 Å². The van der Waals surface area contributed by atoms with Gasteiger partial charge in [0.1, 0.15) is 0 Å². The predicted octanol–water partition coefficient (Wildman–Crippen LogP) is 2.08. The fraction of sp³-hybridized carbons (Fsp3) is 0.550. The van der Waals surface area contributed by atoms with E-state index in [1.165, 1.54) is 5.56 Å². The summed E-state index contributed by atoms with van der Waals surface area (Å²) in [6.45, 7) is 8.07. The van der Waals surface area contributed by atoms with Gasteiger partial charge in [-0.1, -0.05) is 26.0 Å². The minimum absolute atomic E-state index is 0.0449. The number of rotatable bonds is 4. The zero-order valence-corrected chi connectivity index (χ0v) is 15.7. The SMILES string of the molecule is CC(=O)N1CCN(C(=O)C2CC2C(=O)Nc2ccc(C(C)C)cc2)CC1.